The van der Waals surface area contributed by atoms with Crippen LogP contribution in [0.2, 0.25) is 0 Å². The summed E-state index contributed by atoms with van der Waals surface area (Å²) in [5.41, 5.74) is -0.131. The molecule has 0 unspecified atom stereocenters. The first-order chi connectivity index (χ1) is 9.82. The predicted molar refractivity (Wildman–Crippen MR) is 76.8 cm³/mol. The lowest BCUT2D eigenvalue weighted by atomic mass is 10.1. The number of sulfonamides is 1. The minimum atomic E-state index is -3.31. The summed E-state index contributed by atoms with van der Waals surface area (Å²) in [5.74, 6) is -0.639. The van der Waals surface area contributed by atoms with Gasteiger partial charge in [0.25, 0.3) is 0 Å². The van der Waals surface area contributed by atoms with E-state index in [-0.39, 0.29) is 5.69 Å². The molecule has 1 aliphatic rings. The number of carboxylic acids is 1. The Kier molecular flexibility index (Phi) is 4.43. The van der Waals surface area contributed by atoms with E-state index in [2.05, 4.69) is 9.97 Å². The molecule has 2 rings (SSSR count). The summed E-state index contributed by atoms with van der Waals surface area (Å²) >= 11 is 0. The van der Waals surface area contributed by atoms with Gasteiger partial charge in [-0.15, -0.1) is 0 Å². The molecule has 21 heavy (non-hydrogen) atoms. The van der Waals surface area contributed by atoms with Crippen molar-refractivity contribution in [1.82, 2.24) is 14.3 Å². The predicted octanol–water partition coefficient (Wildman–Crippen LogP) is 0.0350. The summed E-state index contributed by atoms with van der Waals surface area (Å²) in [6.45, 7) is 1.02. The first-order valence-electron chi connectivity index (χ1n) is 6.54. The number of carbonyl (C=O) groups is 1. The van der Waals surface area contributed by atoms with Gasteiger partial charge in [0.15, 0.2) is 5.69 Å². The zero-order chi connectivity index (χ0) is 15.6. The van der Waals surface area contributed by atoms with Gasteiger partial charge in [-0.3, -0.25) is 0 Å². The minimum Gasteiger partial charge on any atom is -0.476 e. The van der Waals surface area contributed by atoms with Gasteiger partial charge in [-0.05, 0) is 12.8 Å². The molecule has 116 valence electrons. The summed E-state index contributed by atoms with van der Waals surface area (Å²) in [7, 11) is -0.266. The molecule has 1 atom stereocenters. The first kappa shape index (κ1) is 15.6. The van der Waals surface area contributed by atoms with E-state index in [9.17, 15) is 13.2 Å². The molecule has 1 aliphatic heterocycles. The smallest absolute Gasteiger partial charge is 0.356 e. The maximum Gasteiger partial charge on any atom is 0.356 e. The summed E-state index contributed by atoms with van der Waals surface area (Å²) in [5, 5.41) is 8.31. The third-order valence-electron chi connectivity index (χ3n) is 3.49. The fourth-order valence-corrected chi connectivity index (χ4v) is 3.71. The zero-order valence-electron chi connectivity index (χ0n) is 11.9. The number of anilines is 1. The monoisotopic (exact) mass is 314 g/mol. The maximum absolute atomic E-state index is 12.2. The van der Waals surface area contributed by atoms with Crippen molar-refractivity contribution in [1.29, 1.82) is 0 Å². The molecule has 1 aromatic heterocycles. The van der Waals surface area contributed by atoms with Crippen molar-refractivity contribution in [2.24, 2.45) is 0 Å². The van der Waals surface area contributed by atoms with Crippen molar-refractivity contribution in [2.75, 3.05) is 32.1 Å². The molecule has 0 aromatic carbocycles. The van der Waals surface area contributed by atoms with E-state index >= 15 is 0 Å². The van der Waals surface area contributed by atoms with Crippen LogP contribution in [0.15, 0.2) is 12.4 Å². The molecule has 2 heterocycles. The molecule has 9 heteroatoms. The molecule has 8 nitrogen and oxygen atoms in total. The molecule has 0 bridgehead atoms. The van der Waals surface area contributed by atoms with Crippen LogP contribution in [0.4, 0.5) is 5.82 Å². The van der Waals surface area contributed by atoms with Crippen LogP contribution < -0.4 is 4.90 Å². The highest BCUT2D eigenvalue weighted by Gasteiger charge is 2.32. The molecule has 0 radical (unpaired) electrons. The Bertz CT molecular complexity index is 615. The minimum absolute atomic E-state index is 0.131. The van der Waals surface area contributed by atoms with Crippen LogP contribution in [0.25, 0.3) is 0 Å². The van der Waals surface area contributed by atoms with E-state index in [4.69, 9.17) is 5.11 Å². The van der Waals surface area contributed by atoms with E-state index in [0.717, 1.165) is 6.42 Å². The van der Waals surface area contributed by atoms with Crippen LogP contribution in [0.3, 0.4) is 0 Å². The Balaban J connectivity index is 2.16. The van der Waals surface area contributed by atoms with E-state index in [1.165, 1.54) is 30.8 Å². The second-order valence-electron chi connectivity index (χ2n) is 5.10. The third-order valence-corrected chi connectivity index (χ3v) is 5.73. The number of hydrogen-bond donors (Lipinski definition) is 1. The molecular formula is C12H18N4O4S. The Morgan fingerprint density at radius 2 is 2.10 bits per heavy atom. The molecule has 1 saturated heterocycles. The molecule has 0 aliphatic carbocycles. The summed E-state index contributed by atoms with van der Waals surface area (Å²) in [6.07, 6.45) is 3.90. The second kappa shape index (κ2) is 5.94. The average Bonchev–Trinajstić information content (AvgIpc) is 2.47. The Hall–Kier alpha value is -1.74. The number of carboxylic acid groups (broad SMARTS) is 1. The highest BCUT2D eigenvalue weighted by molar-refractivity contribution is 7.89. The molecule has 0 spiro atoms. The van der Waals surface area contributed by atoms with Gasteiger partial charge in [-0.2, -0.15) is 0 Å². The van der Waals surface area contributed by atoms with Crippen molar-refractivity contribution in [3.63, 3.8) is 0 Å². The molecule has 0 saturated carbocycles. The van der Waals surface area contributed by atoms with Crippen LogP contribution in [-0.4, -0.2) is 66.2 Å². The van der Waals surface area contributed by atoms with Crippen molar-refractivity contribution >= 4 is 21.8 Å². The number of nitrogens with zero attached hydrogens (tertiary/aromatic N) is 4. The lowest BCUT2D eigenvalue weighted by molar-refractivity contribution is 0.0690. The number of piperidine rings is 1. The van der Waals surface area contributed by atoms with E-state index < -0.39 is 21.2 Å². The lowest BCUT2D eigenvalue weighted by Gasteiger charge is -2.34. The standard InChI is InChI=1S/C12H18N4O4S/c1-15(2)21(19,20)9-4-3-5-16(8-9)11-7-13-10(6-14-11)12(17)18/h6-7,9H,3-5,8H2,1-2H3,(H,17,18)/t9-/m1/s1. The Morgan fingerprint density at radius 1 is 1.38 bits per heavy atom. The van der Waals surface area contributed by atoms with Crippen molar-refractivity contribution in [3.8, 4) is 0 Å². The number of aromatic nitrogens is 2. The van der Waals surface area contributed by atoms with Gasteiger partial charge in [0.05, 0.1) is 17.6 Å². The number of hydrogen-bond acceptors (Lipinski definition) is 6. The molecular weight excluding hydrogens is 296 g/mol. The first-order valence-corrected chi connectivity index (χ1v) is 8.04. The maximum atomic E-state index is 12.2. The Morgan fingerprint density at radius 3 is 2.62 bits per heavy atom. The normalized spacial score (nSPS) is 19.8. The van der Waals surface area contributed by atoms with Crippen LogP contribution >= 0.6 is 0 Å². The Labute approximate surface area is 123 Å². The number of aromatic carboxylic acids is 1. The molecule has 0 amide bonds. The average molecular weight is 314 g/mol. The second-order valence-corrected chi connectivity index (χ2v) is 7.53. The van der Waals surface area contributed by atoms with Gasteiger partial charge >= 0.3 is 5.97 Å². The fraction of sp³-hybridized carbons (Fsp3) is 0.583. The van der Waals surface area contributed by atoms with E-state index in [1.54, 1.807) is 0 Å². The van der Waals surface area contributed by atoms with Gasteiger partial charge in [0.1, 0.15) is 5.82 Å². The van der Waals surface area contributed by atoms with Crippen LogP contribution in [-0.2, 0) is 10.0 Å². The van der Waals surface area contributed by atoms with Crippen LogP contribution in [0.5, 0.6) is 0 Å². The van der Waals surface area contributed by atoms with Crippen molar-refractivity contribution in [3.05, 3.63) is 18.1 Å². The van der Waals surface area contributed by atoms with Gasteiger partial charge in [-0.1, -0.05) is 0 Å². The lowest BCUT2D eigenvalue weighted by Crippen LogP contribution is -2.46. The molecule has 1 N–H and O–H groups in total. The van der Waals surface area contributed by atoms with Crippen LogP contribution in [0.1, 0.15) is 23.3 Å². The summed E-state index contributed by atoms with van der Waals surface area (Å²) < 4.78 is 25.6. The zero-order valence-corrected chi connectivity index (χ0v) is 12.7. The molecule has 1 aromatic rings. The van der Waals surface area contributed by atoms with Crippen LogP contribution in [0, 0.1) is 0 Å². The fourth-order valence-electron chi connectivity index (χ4n) is 2.28. The third kappa shape index (κ3) is 3.30. The summed E-state index contributed by atoms with van der Waals surface area (Å²) in [4.78, 5) is 20.4. The van der Waals surface area contributed by atoms with Gasteiger partial charge in [0, 0.05) is 27.2 Å². The largest absolute Gasteiger partial charge is 0.476 e. The van der Waals surface area contributed by atoms with E-state index in [1.807, 2.05) is 4.90 Å². The van der Waals surface area contributed by atoms with Gasteiger partial charge in [0.2, 0.25) is 10.0 Å². The highest BCUT2D eigenvalue weighted by atomic mass is 32.2. The topological polar surface area (TPSA) is 104 Å². The highest BCUT2D eigenvalue weighted by Crippen LogP contribution is 2.22. The van der Waals surface area contributed by atoms with Gasteiger partial charge < -0.3 is 10.0 Å². The summed E-state index contributed by atoms with van der Waals surface area (Å²) in [6, 6.07) is 0. The quantitative estimate of drug-likeness (QED) is 0.836. The number of rotatable bonds is 4. The van der Waals surface area contributed by atoms with Gasteiger partial charge in [-0.25, -0.2) is 27.5 Å². The molecule has 1 fully saturated rings. The van der Waals surface area contributed by atoms with E-state index in [0.29, 0.717) is 25.3 Å². The van der Waals surface area contributed by atoms with Crippen molar-refractivity contribution < 1.29 is 18.3 Å². The SMILES string of the molecule is CN(C)S(=O)(=O)[C@@H]1CCCN(c2cnc(C(=O)O)cn2)C1. The van der Waals surface area contributed by atoms with Crippen molar-refractivity contribution in [2.45, 2.75) is 18.1 Å².